The molecule has 7 nitrogen and oxygen atoms in total. The molecule has 3 heterocycles. The summed E-state index contributed by atoms with van der Waals surface area (Å²) in [6.07, 6.45) is 3.21. The molecule has 2 aliphatic heterocycles. The number of aliphatic hydroxyl groups excluding tert-OH is 1. The number of rotatable bonds is 3. The maximum Gasteiger partial charge on any atom is 0.243 e. The van der Waals surface area contributed by atoms with E-state index in [4.69, 9.17) is 0 Å². The molecule has 0 saturated carbocycles. The number of sulfonamides is 1. The van der Waals surface area contributed by atoms with Crippen LogP contribution in [0.15, 0.2) is 28.1 Å². The molecule has 0 spiro atoms. The number of benzene rings is 1. The first-order chi connectivity index (χ1) is 12.2. The second kappa shape index (κ2) is 5.80. The Morgan fingerprint density at radius 1 is 1.35 bits per heavy atom. The van der Waals surface area contributed by atoms with Gasteiger partial charge in [0.15, 0.2) is 11.6 Å². The summed E-state index contributed by atoms with van der Waals surface area (Å²) in [5.41, 5.74) is 0.626. The fraction of sp³-hybridized carbons (Fsp3) is 0.500. The molecule has 1 atom stereocenters. The molecular formula is C18H23N3O4S. The molecule has 0 aliphatic carbocycles. The number of aromatic nitrogens is 1. The number of aromatic hydroxyl groups is 1. The van der Waals surface area contributed by atoms with E-state index in [0.29, 0.717) is 30.7 Å². The Balaban J connectivity index is 1.83. The fourth-order valence-electron chi connectivity index (χ4n) is 3.88. The first-order valence-corrected chi connectivity index (χ1v) is 10.2. The van der Waals surface area contributed by atoms with Gasteiger partial charge in [-0.15, -0.1) is 0 Å². The highest BCUT2D eigenvalue weighted by atomic mass is 32.2. The van der Waals surface area contributed by atoms with Crippen molar-refractivity contribution in [2.45, 2.75) is 44.2 Å². The van der Waals surface area contributed by atoms with Crippen LogP contribution in [0, 0.1) is 5.41 Å². The first-order valence-electron chi connectivity index (χ1n) is 8.78. The van der Waals surface area contributed by atoms with Crippen LogP contribution >= 0.6 is 0 Å². The molecule has 4 rings (SSSR count). The average Bonchev–Trinajstić information content (AvgIpc) is 3.18. The number of hydrogen-bond donors (Lipinski definition) is 2. The van der Waals surface area contributed by atoms with Gasteiger partial charge in [-0.25, -0.2) is 13.4 Å². The van der Waals surface area contributed by atoms with Gasteiger partial charge in [0, 0.05) is 36.1 Å². The number of hydrogen-bond acceptors (Lipinski definition) is 5. The summed E-state index contributed by atoms with van der Waals surface area (Å²) in [7, 11) is -3.72. The molecule has 2 aromatic rings. The van der Waals surface area contributed by atoms with E-state index in [9.17, 15) is 18.6 Å². The Morgan fingerprint density at radius 2 is 2.12 bits per heavy atom. The molecule has 1 saturated heterocycles. The minimum Gasteiger partial charge on any atom is -0.504 e. The van der Waals surface area contributed by atoms with Gasteiger partial charge in [-0.1, -0.05) is 13.8 Å². The fourth-order valence-corrected chi connectivity index (χ4v) is 5.59. The Morgan fingerprint density at radius 3 is 2.85 bits per heavy atom. The molecule has 0 bridgehead atoms. The smallest absolute Gasteiger partial charge is 0.243 e. The highest BCUT2D eigenvalue weighted by Crippen LogP contribution is 2.43. The van der Waals surface area contributed by atoms with Crippen LogP contribution in [0.4, 0.5) is 5.82 Å². The molecule has 1 aromatic carbocycles. The molecule has 0 radical (unpaired) electrons. The van der Waals surface area contributed by atoms with Crippen LogP contribution < -0.4 is 0 Å². The molecule has 140 valence electrons. The van der Waals surface area contributed by atoms with Crippen molar-refractivity contribution in [1.29, 1.82) is 0 Å². The first kappa shape index (κ1) is 17.5. The van der Waals surface area contributed by atoms with Crippen molar-refractivity contribution < 1.29 is 18.6 Å². The molecule has 2 N–H and O–H groups in total. The van der Waals surface area contributed by atoms with Crippen LogP contribution in [0.3, 0.4) is 0 Å². The van der Waals surface area contributed by atoms with Gasteiger partial charge < -0.3 is 14.8 Å². The third kappa shape index (κ3) is 2.55. The maximum atomic E-state index is 13.0. The minimum atomic E-state index is -3.72. The highest BCUT2D eigenvalue weighted by Gasteiger charge is 2.35. The molecular weight excluding hydrogens is 354 g/mol. The lowest BCUT2D eigenvalue weighted by molar-refractivity contribution is 0.213. The van der Waals surface area contributed by atoms with Crippen molar-refractivity contribution in [2.75, 3.05) is 13.2 Å². The second-order valence-corrected chi connectivity index (χ2v) is 9.67. The topological polar surface area (TPSA) is 95.1 Å². The summed E-state index contributed by atoms with van der Waals surface area (Å²) in [5.74, 6) is 0.465. The van der Waals surface area contributed by atoms with Crippen molar-refractivity contribution in [3.63, 3.8) is 0 Å². The predicted molar refractivity (Wildman–Crippen MR) is 99.5 cm³/mol. The lowest BCUT2D eigenvalue weighted by Crippen LogP contribution is -2.37. The third-order valence-corrected chi connectivity index (χ3v) is 7.17. The van der Waals surface area contributed by atoms with Gasteiger partial charge in [-0.05, 0) is 31.0 Å². The van der Waals surface area contributed by atoms with Crippen LogP contribution in [0.5, 0.6) is 5.75 Å². The minimum absolute atomic E-state index is 0.00364. The molecule has 26 heavy (non-hydrogen) atoms. The summed E-state index contributed by atoms with van der Waals surface area (Å²) in [4.78, 5) is 4.50. The van der Waals surface area contributed by atoms with E-state index in [0.717, 1.165) is 11.9 Å². The molecule has 0 unspecified atom stereocenters. The Kier molecular flexibility index (Phi) is 3.91. The van der Waals surface area contributed by atoms with Crippen molar-refractivity contribution in [3.8, 4) is 5.75 Å². The van der Waals surface area contributed by atoms with E-state index in [1.807, 2.05) is 10.8 Å². The molecule has 2 aliphatic rings. The van der Waals surface area contributed by atoms with Crippen LogP contribution in [-0.4, -0.2) is 52.9 Å². The third-order valence-electron chi connectivity index (χ3n) is 5.22. The number of nitrogens with zero attached hydrogens (tertiary/aromatic N) is 3. The lowest BCUT2D eigenvalue weighted by atomic mass is 9.94. The standard InChI is InChI=1S/C18H23N3O4S/c1-18(2)10-19-17-16(23)14-8-13(5-6-15(14)20(17)11-18)26(24,25)21-7-3-4-12(21)9-22/h5-6,8,10,12,22-23H,3-4,7,9,11H2,1-2H3/t12-/m0/s1. The van der Waals surface area contributed by atoms with Gasteiger partial charge >= 0.3 is 0 Å². The van der Waals surface area contributed by atoms with Crippen molar-refractivity contribution in [2.24, 2.45) is 10.4 Å². The van der Waals surface area contributed by atoms with Gasteiger partial charge in [0.1, 0.15) is 0 Å². The van der Waals surface area contributed by atoms with E-state index in [2.05, 4.69) is 18.8 Å². The predicted octanol–water partition coefficient (Wildman–Crippen LogP) is 2.23. The molecule has 1 aromatic heterocycles. The van der Waals surface area contributed by atoms with E-state index in [-0.39, 0.29) is 28.7 Å². The highest BCUT2D eigenvalue weighted by molar-refractivity contribution is 7.89. The van der Waals surface area contributed by atoms with Gasteiger partial charge in [0.2, 0.25) is 10.0 Å². The Labute approximate surface area is 152 Å². The average molecular weight is 377 g/mol. The van der Waals surface area contributed by atoms with E-state index >= 15 is 0 Å². The summed E-state index contributed by atoms with van der Waals surface area (Å²) >= 11 is 0. The Bertz CT molecular complexity index is 1010. The zero-order valence-electron chi connectivity index (χ0n) is 14.9. The monoisotopic (exact) mass is 377 g/mol. The summed E-state index contributed by atoms with van der Waals surface area (Å²) < 4.78 is 29.3. The van der Waals surface area contributed by atoms with Gasteiger partial charge in [0.05, 0.1) is 17.0 Å². The van der Waals surface area contributed by atoms with Crippen LogP contribution in [0.25, 0.3) is 10.9 Å². The molecule has 0 amide bonds. The number of aliphatic imine (C=N–C) groups is 1. The SMILES string of the molecule is CC1(C)C=Nc2c(O)c3cc(S(=O)(=O)N4CCC[C@H]4CO)ccc3n2C1. The van der Waals surface area contributed by atoms with Gasteiger partial charge in [0.25, 0.3) is 0 Å². The zero-order valence-corrected chi connectivity index (χ0v) is 15.7. The van der Waals surface area contributed by atoms with Crippen LogP contribution in [0.1, 0.15) is 26.7 Å². The van der Waals surface area contributed by atoms with E-state index in [1.54, 1.807) is 12.1 Å². The van der Waals surface area contributed by atoms with E-state index < -0.39 is 10.0 Å². The normalized spacial score (nSPS) is 22.8. The quantitative estimate of drug-likeness (QED) is 0.857. The van der Waals surface area contributed by atoms with E-state index in [1.165, 1.54) is 10.4 Å². The zero-order chi connectivity index (χ0) is 18.7. The Hall–Kier alpha value is -1.90. The second-order valence-electron chi connectivity index (χ2n) is 7.78. The van der Waals surface area contributed by atoms with Gasteiger partial charge in [-0.2, -0.15) is 4.31 Å². The van der Waals surface area contributed by atoms with Crippen molar-refractivity contribution >= 4 is 33.0 Å². The lowest BCUT2D eigenvalue weighted by Gasteiger charge is -2.25. The summed E-state index contributed by atoms with van der Waals surface area (Å²) in [6, 6.07) is 4.44. The number of fused-ring (bicyclic) bond motifs is 3. The van der Waals surface area contributed by atoms with Crippen molar-refractivity contribution in [3.05, 3.63) is 18.2 Å². The number of aliphatic hydroxyl groups is 1. The molecule has 1 fully saturated rings. The summed E-state index contributed by atoms with van der Waals surface area (Å²) in [5, 5.41) is 20.5. The molecule has 8 heteroatoms. The largest absolute Gasteiger partial charge is 0.504 e. The maximum absolute atomic E-state index is 13.0. The summed E-state index contributed by atoms with van der Waals surface area (Å²) in [6.45, 7) is 5.00. The van der Waals surface area contributed by atoms with Gasteiger partial charge in [-0.3, -0.25) is 0 Å². The van der Waals surface area contributed by atoms with Crippen LogP contribution in [0.2, 0.25) is 0 Å². The van der Waals surface area contributed by atoms with Crippen LogP contribution in [-0.2, 0) is 16.6 Å². The van der Waals surface area contributed by atoms with Crippen molar-refractivity contribution in [1.82, 2.24) is 8.87 Å².